The van der Waals surface area contributed by atoms with Gasteiger partial charge < -0.3 is 9.84 Å². The number of aliphatic hydroxyl groups is 1. The molecule has 0 aromatic rings. The standard InChI is InChI=1S/C23H32O6/c1-13(24)29-12-19(27)23(28)9-7-17-16-5-4-14-10-15(25)6-8-21(14,2)20(16)18(26)11-22(17,23)3/h14,16-17,20,28H,4-12H2,1-3H3/t14-,16-,17-,20+,21+,22+,23-/m1/s1. The number of carbonyl (C=O) groups excluding carboxylic acids is 4. The quantitative estimate of drug-likeness (QED) is 0.726. The van der Waals surface area contributed by atoms with Gasteiger partial charge in [0.15, 0.2) is 6.61 Å². The van der Waals surface area contributed by atoms with Crippen molar-refractivity contribution in [1.29, 1.82) is 0 Å². The Balaban J connectivity index is 1.64. The van der Waals surface area contributed by atoms with Crippen molar-refractivity contribution in [3.05, 3.63) is 0 Å². The summed E-state index contributed by atoms with van der Waals surface area (Å²) >= 11 is 0. The lowest BCUT2D eigenvalue weighted by Crippen LogP contribution is -2.62. The highest BCUT2D eigenvalue weighted by Gasteiger charge is 2.69. The highest BCUT2D eigenvalue weighted by atomic mass is 16.5. The number of hydrogen-bond acceptors (Lipinski definition) is 6. The Hall–Kier alpha value is -1.56. The van der Waals surface area contributed by atoms with Crippen LogP contribution in [0.15, 0.2) is 0 Å². The number of Topliss-reactive ketones (excluding diaryl/α,β-unsaturated/α-hetero) is 3. The maximum absolute atomic E-state index is 13.5. The normalized spacial score (nSPS) is 46.5. The molecule has 0 heterocycles. The van der Waals surface area contributed by atoms with Gasteiger partial charge in [-0.3, -0.25) is 19.2 Å². The molecule has 0 spiro atoms. The molecule has 6 heteroatoms. The minimum Gasteiger partial charge on any atom is -0.458 e. The number of hydrogen-bond donors (Lipinski definition) is 1. The van der Waals surface area contributed by atoms with Crippen LogP contribution in [0.3, 0.4) is 0 Å². The van der Waals surface area contributed by atoms with E-state index < -0.39 is 29.4 Å². The van der Waals surface area contributed by atoms with Crippen molar-refractivity contribution < 1.29 is 29.0 Å². The van der Waals surface area contributed by atoms with Crippen LogP contribution in [-0.2, 0) is 23.9 Å². The van der Waals surface area contributed by atoms with E-state index in [0.717, 1.165) is 19.3 Å². The molecule has 0 radical (unpaired) electrons. The molecule has 4 saturated carbocycles. The fourth-order valence-electron chi connectivity index (χ4n) is 7.61. The van der Waals surface area contributed by atoms with Crippen molar-refractivity contribution in [2.24, 2.45) is 34.5 Å². The third kappa shape index (κ3) is 2.85. The fraction of sp³-hybridized carbons (Fsp3) is 0.826. The van der Waals surface area contributed by atoms with Crippen molar-refractivity contribution in [3.63, 3.8) is 0 Å². The predicted octanol–water partition coefficient (Wildman–Crippen LogP) is 2.64. The van der Waals surface area contributed by atoms with E-state index in [9.17, 15) is 24.3 Å². The summed E-state index contributed by atoms with van der Waals surface area (Å²) in [5, 5.41) is 11.4. The molecule has 0 aromatic carbocycles. The van der Waals surface area contributed by atoms with Gasteiger partial charge in [-0.05, 0) is 55.3 Å². The number of esters is 1. The molecule has 7 atom stereocenters. The molecule has 6 nitrogen and oxygen atoms in total. The number of carbonyl (C=O) groups is 4. The van der Waals surface area contributed by atoms with Gasteiger partial charge in [-0.2, -0.15) is 0 Å². The second kappa shape index (κ2) is 6.73. The zero-order valence-corrected chi connectivity index (χ0v) is 17.7. The molecule has 4 rings (SSSR count). The molecular weight excluding hydrogens is 372 g/mol. The molecule has 160 valence electrons. The van der Waals surface area contributed by atoms with E-state index in [0.29, 0.717) is 31.5 Å². The summed E-state index contributed by atoms with van der Waals surface area (Å²) < 4.78 is 4.87. The third-order valence-corrected chi connectivity index (χ3v) is 9.19. The minimum atomic E-state index is -1.63. The molecule has 0 amide bonds. The van der Waals surface area contributed by atoms with Crippen LogP contribution in [0.2, 0.25) is 0 Å². The lowest BCUT2D eigenvalue weighted by atomic mass is 9.44. The van der Waals surface area contributed by atoms with Crippen LogP contribution in [0.4, 0.5) is 0 Å². The Bertz CT molecular complexity index is 773. The first-order valence-electron chi connectivity index (χ1n) is 11.0. The van der Waals surface area contributed by atoms with E-state index in [-0.39, 0.29) is 41.3 Å². The number of fused-ring (bicyclic) bond motifs is 5. The van der Waals surface area contributed by atoms with Crippen molar-refractivity contribution >= 4 is 23.3 Å². The van der Waals surface area contributed by atoms with Gasteiger partial charge in [0.25, 0.3) is 0 Å². The Morgan fingerprint density at radius 3 is 2.55 bits per heavy atom. The maximum Gasteiger partial charge on any atom is 0.303 e. The Morgan fingerprint density at radius 2 is 1.86 bits per heavy atom. The summed E-state index contributed by atoms with van der Waals surface area (Å²) in [6.07, 6.45) is 4.90. The molecule has 4 fully saturated rings. The van der Waals surface area contributed by atoms with Crippen LogP contribution in [0.5, 0.6) is 0 Å². The summed E-state index contributed by atoms with van der Waals surface area (Å²) in [4.78, 5) is 49.5. The molecule has 0 aliphatic heterocycles. The largest absolute Gasteiger partial charge is 0.458 e. The predicted molar refractivity (Wildman–Crippen MR) is 104 cm³/mol. The molecule has 4 aliphatic carbocycles. The van der Waals surface area contributed by atoms with Gasteiger partial charge in [-0.25, -0.2) is 0 Å². The maximum atomic E-state index is 13.5. The van der Waals surface area contributed by atoms with E-state index in [1.165, 1.54) is 6.92 Å². The summed E-state index contributed by atoms with van der Waals surface area (Å²) in [7, 11) is 0. The van der Waals surface area contributed by atoms with Gasteiger partial charge in [0.2, 0.25) is 5.78 Å². The number of rotatable bonds is 3. The van der Waals surface area contributed by atoms with Crippen LogP contribution in [-0.4, -0.2) is 40.6 Å². The zero-order valence-electron chi connectivity index (χ0n) is 17.7. The first-order chi connectivity index (χ1) is 13.5. The summed E-state index contributed by atoms with van der Waals surface area (Å²) in [5.74, 6) is -0.187. The topological polar surface area (TPSA) is 97.7 Å². The molecule has 0 saturated heterocycles. The average Bonchev–Trinajstić information content (AvgIpc) is 2.91. The smallest absolute Gasteiger partial charge is 0.303 e. The third-order valence-electron chi connectivity index (χ3n) is 9.19. The molecular formula is C23H32O6. The highest BCUT2D eigenvalue weighted by Crippen LogP contribution is 2.67. The SMILES string of the molecule is CC(=O)OCC(=O)[C@]1(O)CC[C@@H]2[C@H]3CC[C@@H]4CC(=O)CC[C@]4(C)[C@@H]3C(=O)C[C@@]21C. The van der Waals surface area contributed by atoms with E-state index in [1.54, 1.807) is 0 Å². The van der Waals surface area contributed by atoms with Gasteiger partial charge in [-0.15, -0.1) is 0 Å². The summed E-state index contributed by atoms with van der Waals surface area (Å²) in [6, 6.07) is 0. The van der Waals surface area contributed by atoms with E-state index in [4.69, 9.17) is 4.74 Å². The summed E-state index contributed by atoms with van der Waals surface area (Å²) in [5.41, 5.74) is -2.61. The van der Waals surface area contributed by atoms with E-state index in [1.807, 2.05) is 6.92 Å². The van der Waals surface area contributed by atoms with E-state index >= 15 is 0 Å². The van der Waals surface area contributed by atoms with Gasteiger partial charge in [0, 0.05) is 37.5 Å². The van der Waals surface area contributed by atoms with E-state index in [2.05, 4.69) is 6.92 Å². The van der Waals surface area contributed by atoms with Crippen LogP contribution in [0.1, 0.15) is 72.1 Å². The first-order valence-corrected chi connectivity index (χ1v) is 11.0. The van der Waals surface area contributed by atoms with Crippen molar-refractivity contribution in [2.45, 2.75) is 77.7 Å². The highest BCUT2D eigenvalue weighted by molar-refractivity contribution is 5.93. The second-order valence-electron chi connectivity index (χ2n) is 10.4. The minimum absolute atomic E-state index is 0.0849. The number of ketones is 3. The van der Waals surface area contributed by atoms with Crippen LogP contribution < -0.4 is 0 Å². The number of ether oxygens (including phenoxy) is 1. The van der Waals surface area contributed by atoms with Crippen molar-refractivity contribution in [1.82, 2.24) is 0 Å². The monoisotopic (exact) mass is 404 g/mol. The fourth-order valence-corrected chi connectivity index (χ4v) is 7.61. The summed E-state index contributed by atoms with van der Waals surface area (Å²) in [6.45, 7) is 4.86. The molecule has 0 bridgehead atoms. The molecule has 0 aromatic heterocycles. The van der Waals surface area contributed by atoms with Gasteiger partial charge in [0.05, 0.1) is 0 Å². The van der Waals surface area contributed by atoms with Gasteiger partial charge >= 0.3 is 5.97 Å². The van der Waals surface area contributed by atoms with Crippen molar-refractivity contribution in [3.8, 4) is 0 Å². The van der Waals surface area contributed by atoms with Gasteiger partial charge in [0.1, 0.15) is 17.2 Å². The Kier molecular flexibility index (Phi) is 4.80. The first kappa shape index (κ1) is 20.7. The van der Waals surface area contributed by atoms with Crippen LogP contribution in [0, 0.1) is 34.5 Å². The lowest BCUT2D eigenvalue weighted by Gasteiger charge is -2.59. The van der Waals surface area contributed by atoms with Crippen LogP contribution >= 0.6 is 0 Å². The average molecular weight is 405 g/mol. The zero-order chi connectivity index (χ0) is 21.2. The van der Waals surface area contributed by atoms with Crippen molar-refractivity contribution in [2.75, 3.05) is 6.61 Å². The molecule has 1 N–H and O–H groups in total. The van der Waals surface area contributed by atoms with Crippen LogP contribution in [0.25, 0.3) is 0 Å². The Labute approximate surface area is 171 Å². The molecule has 4 aliphatic rings. The second-order valence-corrected chi connectivity index (χ2v) is 10.4. The lowest BCUT2D eigenvalue weighted by molar-refractivity contribution is -0.180. The van der Waals surface area contributed by atoms with Gasteiger partial charge in [-0.1, -0.05) is 13.8 Å². The molecule has 0 unspecified atom stereocenters. The molecule has 29 heavy (non-hydrogen) atoms. The Morgan fingerprint density at radius 1 is 1.14 bits per heavy atom.